The van der Waals surface area contributed by atoms with Gasteiger partial charge in [0.15, 0.2) is 0 Å². The minimum Gasteiger partial charge on any atom is -0.314 e. The molecule has 1 aliphatic heterocycles. The second-order valence-corrected chi connectivity index (χ2v) is 3.97. The molecule has 1 saturated heterocycles. The van der Waals surface area contributed by atoms with Crippen molar-refractivity contribution < 1.29 is 0 Å². The molecule has 1 N–H and O–H groups in total. The van der Waals surface area contributed by atoms with Gasteiger partial charge in [-0.1, -0.05) is 13.8 Å². The van der Waals surface area contributed by atoms with E-state index >= 15 is 0 Å². The van der Waals surface area contributed by atoms with Crippen molar-refractivity contribution in [1.29, 1.82) is 5.26 Å². The lowest BCUT2D eigenvalue weighted by atomic mass is 10.0. The van der Waals surface area contributed by atoms with Gasteiger partial charge in [-0.05, 0) is 19.4 Å². The summed E-state index contributed by atoms with van der Waals surface area (Å²) in [6.45, 7) is 7.71. The van der Waals surface area contributed by atoms with Gasteiger partial charge in [-0.2, -0.15) is 5.26 Å². The molecule has 1 aliphatic rings. The quantitative estimate of drug-likeness (QED) is 0.695. The highest BCUT2D eigenvalue weighted by molar-refractivity contribution is 4.91. The molecule has 0 amide bonds. The van der Waals surface area contributed by atoms with E-state index < -0.39 is 0 Å². The summed E-state index contributed by atoms with van der Waals surface area (Å²) in [6, 6.07) is 3.44. The number of rotatable bonds is 6. The van der Waals surface area contributed by atoms with E-state index in [4.69, 9.17) is 5.26 Å². The average molecular weight is 195 g/mol. The molecule has 3 heteroatoms. The van der Waals surface area contributed by atoms with Crippen molar-refractivity contribution in [3.63, 3.8) is 0 Å². The average Bonchev–Trinajstić information content (AvgIpc) is 2.11. The number of hydrogen-bond donors (Lipinski definition) is 1. The molecule has 0 bridgehead atoms. The van der Waals surface area contributed by atoms with Crippen molar-refractivity contribution in [2.24, 2.45) is 0 Å². The van der Waals surface area contributed by atoms with Crippen LogP contribution in [0.4, 0.5) is 0 Å². The summed E-state index contributed by atoms with van der Waals surface area (Å²) in [5.41, 5.74) is 0. The zero-order valence-electron chi connectivity index (χ0n) is 9.29. The van der Waals surface area contributed by atoms with Crippen LogP contribution < -0.4 is 5.32 Å². The van der Waals surface area contributed by atoms with Crippen molar-refractivity contribution in [3.05, 3.63) is 0 Å². The van der Waals surface area contributed by atoms with Gasteiger partial charge in [0.25, 0.3) is 0 Å². The molecule has 14 heavy (non-hydrogen) atoms. The summed E-state index contributed by atoms with van der Waals surface area (Å²) >= 11 is 0. The predicted octanol–water partition coefficient (Wildman–Crippen LogP) is 1.36. The third-order valence-corrected chi connectivity index (χ3v) is 2.98. The van der Waals surface area contributed by atoms with Crippen LogP contribution in [0.25, 0.3) is 0 Å². The summed E-state index contributed by atoms with van der Waals surface area (Å²) in [7, 11) is 0. The smallest absolute Gasteiger partial charge is 0.0638 e. The molecule has 1 atom stereocenters. The molecule has 0 aromatic rings. The normalized spacial score (nSPS) is 19.0. The Bertz CT molecular complexity index is 193. The van der Waals surface area contributed by atoms with Gasteiger partial charge < -0.3 is 5.32 Å². The highest BCUT2D eigenvalue weighted by Crippen LogP contribution is 2.15. The monoisotopic (exact) mass is 195 g/mol. The molecule has 1 rings (SSSR count). The molecule has 1 fully saturated rings. The first-order valence-corrected chi connectivity index (χ1v) is 5.66. The molecule has 1 heterocycles. The van der Waals surface area contributed by atoms with E-state index in [1.165, 1.54) is 6.42 Å². The van der Waals surface area contributed by atoms with E-state index in [-0.39, 0.29) is 0 Å². The van der Waals surface area contributed by atoms with E-state index in [9.17, 15) is 0 Å². The maximum absolute atomic E-state index is 8.77. The van der Waals surface area contributed by atoms with Gasteiger partial charge >= 0.3 is 0 Å². The summed E-state index contributed by atoms with van der Waals surface area (Å²) < 4.78 is 0. The number of nitrogens with zero attached hydrogens (tertiary/aromatic N) is 2. The molecular weight excluding hydrogens is 174 g/mol. The Kier molecular flexibility index (Phi) is 4.92. The molecular formula is C11H21N3. The lowest BCUT2D eigenvalue weighted by Gasteiger charge is -2.42. The number of nitrogens with one attached hydrogen (secondary N) is 1. The first-order chi connectivity index (χ1) is 6.83. The van der Waals surface area contributed by atoms with Crippen LogP contribution in [0.3, 0.4) is 0 Å². The second kappa shape index (κ2) is 6.00. The fourth-order valence-corrected chi connectivity index (χ4v) is 2.03. The van der Waals surface area contributed by atoms with Crippen LogP contribution in [-0.2, 0) is 0 Å². The number of nitriles is 1. The van der Waals surface area contributed by atoms with Crippen LogP contribution in [0, 0.1) is 11.3 Å². The molecule has 0 radical (unpaired) electrons. The Balaban J connectivity index is 2.49. The Hall–Kier alpha value is -0.590. The van der Waals surface area contributed by atoms with Gasteiger partial charge in [0.2, 0.25) is 0 Å². The van der Waals surface area contributed by atoms with Crippen LogP contribution in [0.15, 0.2) is 0 Å². The molecule has 1 unspecified atom stereocenters. The van der Waals surface area contributed by atoms with Crippen LogP contribution in [0.2, 0.25) is 0 Å². The van der Waals surface area contributed by atoms with Gasteiger partial charge in [0.1, 0.15) is 0 Å². The third-order valence-electron chi connectivity index (χ3n) is 2.98. The van der Waals surface area contributed by atoms with Gasteiger partial charge in [-0.15, -0.1) is 0 Å². The van der Waals surface area contributed by atoms with Gasteiger partial charge in [0.05, 0.1) is 12.5 Å². The highest BCUT2D eigenvalue weighted by Gasteiger charge is 2.28. The van der Waals surface area contributed by atoms with Crippen LogP contribution in [0.5, 0.6) is 0 Å². The largest absolute Gasteiger partial charge is 0.314 e. The summed E-state index contributed by atoms with van der Waals surface area (Å²) in [5.74, 6) is 0. The van der Waals surface area contributed by atoms with E-state index in [1.807, 2.05) is 0 Å². The first-order valence-electron chi connectivity index (χ1n) is 5.66. The van der Waals surface area contributed by atoms with Crippen molar-refractivity contribution in [2.45, 2.75) is 45.2 Å². The lowest BCUT2D eigenvalue weighted by Crippen LogP contribution is -2.60. The number of hydrogen-bond acceptors (Lipinski definition) is 3. The summed E-state index contributed by atoms with van der Waals surface area (Å²) in [5, 5.41) is 12.1. The highest BCUT2D eigenvalue weighted by atomic mass is 15.2. The molecule has 80 valence electrons. The Morgan fingerprint density at radius 2 is 2.21 bits per heavy atom. The van der Waals surface area contributed by atoms with Gasteiger partial charge in [-0.25, -0.2) is 0 Å². The Labute approximate surface area is 87.1 Å². The fourth-order valence-electron chi connectivity index (χ4n) is 2.03. The topological polar surface area (TPSA) is 39.1 Å². The minimum atomic E-state index is 0.465. The summed E-state index contributed by atoms with van der Waals surface area (Å²) in [6.07, 6.45) is 2.94. The van der Waals surface area contributed by atoms with Crippen molar-refractivity contribution >= 4 is 0 Å². The summed E-state index contributed by atoms with van der Waals surface area (Å²) in [4.78, 5) is 2.51. The molecule has 0 saturated carbocycles. The molecule has 0 aromatic carbocycles. The molecule has 0 aromatic heterocycles. The third kappa shape index (κ3) is 2.70. The van der Waals surface area contributed by atoms with E-state index in [1.54, 1.807) is 0 Å². The van der Waals surface area contributed by atoms with Crippen molar-refractivity contribution in [1.82, 2.24) is 10.2 Å². The Morgan fingerprint density at radius 1 is 1.50 bits per heavy atom. The molecule has 0 aliphatic carbocycles. The van der Waals surface area contributed by atoms with Crippen molar-refractivity contribution in [2.75, 3.05) is 19.6 Å². The standard InChI is InChI=1S/C11H21N3/c1-3-7-14(11-8-13-9-11)10(4-2)5-6-12/h10-11,13H,3-5,7-9H2,1-2H3. The molecule has 0 spiro atoms. The fraction of sp³-hybridized carbons (Fsp3) is 0.909. The maximum atomic E-state index is 8.77. The Morgan fingerprint density at radius 3 is 2.57 bits per heavy atom. The zero-order valence-corrected chi connectivity index (χ0v) is 9.29. The second-order valence-electron chi connectivity index (χ2n) is 3.97. The van der Waals surface area contributed by atoms with E-state index in [0.29, 0.717) is 18.5 Å². The first kappa shape index (κ1) is 11.5. The SMILES string of the molecule is CCCN(C(CC)CC#N)C1CNC1. The minimum absolute atomic E-state index is 0.465. The molecule has 3 nitrogen and oxygen atoms in total. The predicted molar refractivity (Wildman–Crippen MR) is 58.0 cm³/mol. The van der Waals surface area contributed by atoms with Crippen molar-refractivity contribution in [3.8, 4) is 6.07 Å². The van der Waals surface area contributed by atoms with Crippen LogP contribution in [-0.4, -0.2) is 36.6 Å². The van der Waals surface area contributed by atoms with Crippen LogP contribution in [0.1, 0.15) is 33.1 Å². The van der Waals surface area contributed by atoms with Gasteiger partial charge in [-0.3, -0.25) is 4.90 Å². The lowest BCUT2D eigenvalue weighted by molar-refractivity contribution is 0.0937. The van der Waals surface area contributed by atoms with E-state index in [0.717, 1.165) is 26.1 Å². The van der Waals surface area contributed by atoms with Gasteiger partial charge in [0, 0.05) is 25.2 Å². The maximum Gasteiger partial charge on any atom is 0.0638 e. The van der Waals surface area contributed by atoms with Crippen LogP contribution >= 0.6 is 0 Å². The van der Waals surface area contributed by atoms with E-state index in [2.05, 4.69) is 30.1 Å². The zero-order chi connectivity index (χ0) is 10.4.